The van der Waals surface area contributed by atoms with Gasteiger partial charge in [-0.2, -0.15) is 0 Å². The first kappa shape index (κ1) is 9.68. The second-order valence-corrected chi connectivity index (χ2v) is 3.89. The number of nitrogens with two attached hydrogens (primary N) is 1. The summed E-state index contributed by atoms with van der Waals surface area (Å²) in [5, 5.41) is 9.40. The van der Waals surface area contributed by atoms with Gasteiger partial charge >= 0.3 is 0 Å². The molecule has 1 aliphatic rings. The van der Waals surface area contributed by atoms with Crippen molar-refractivity contribution < 1.29 is 5.11 Å². The Labute approximate surface area is 83.8 Å². The highest BCUT2D eigenvalue weighted by Crippen LogP contribution is 2.15. The third-order valence-electron chi connectivity index (χ3n) is 2.68. The Balaban J connectivity index is 2.08. The number of hydrogen-bond donors (Lipinski definition) is 2. The van der Waals surface area contributed by atoms with Crippen LogP contribution in [0.3, 0.4) is 0 Å². The maximum atomic E-state index is 9.40. The van der Waals surface area contributed by atoms with Crippen molar-refractivity contribution in [1.29, 1.82) is 0 Å². The van der Waals surface area contributed by atoms with Gasteiger partial charge in [-0.15, -0.1) is 0 Å². The van der Waals surface area contributed by atoms with Crippen molar-refractivity contribution in [3.05, 3.63) is 17.7 Å². The first-order valence-corrected chi connectivity index (χ1v) is 5.22. The van der Waals surface area contributed by atoms with E-state index in [2.05, 4.69) is 9.55 Å². The van der Waals surface area contributed by atoms with Gasteiger partial charge in [0, 0.05) is 32.1 Å². The second-order valence-electron chi connectivity index (χ2n) is 3.89. The number of fused-ring (bicyclic) bond motifs is 1. The molecule has 4 heteroatoms. The van der Waals surface area contributed by atoms with E-state index in [0.717, 1.165) is 24.5 Å². The van der Waals surface area contributed by atoms with Crippen LogP contribution in [0, 0.1) is 0 Å². The molecule has 0 saturated carbocycles. The third-order valence-corrected chi connectivity index (χ3v) is 2.68. The van der Waals surface area contributed by atoms with Crippen LogP contribution in [0.1, 0.15) is 24.4 Å². The Hall–Kier alpha value is -0.870. The van der Waals surface area contributed by atoms with E-state index in [0.29, 0.717) is 13.0 Å². The maximum absolute atomic E-state index is 9.40. The fourth-order valence-electron chi connectivity index (χ4n) is 1.89. The van der Waals surface area contributed by atoms with Crippen molar-refractivity contribution in [2.24, 2.45) is 5.73 Å². The molecule has 0 saturated heterocycles. The molecule has 1 atom stereocenters. The molecule has 0 amide bonds. The van der Waals surface area contributed by atoms with E-state index < -0.39 is 6.10 Å². The Bertz CT molecular complexity index is 285. The summed E-state index contributed by atoms with van der Waals surface area (Å²) >= 11 is 0. The first-order valence-electron chi connectivity index (χ1n) is 5.22. The van der Waals surface area contributed by atoms with Gasteiger partial charge in [-0.05, 0) is 12.8 Å². The minimum Gasteiger partial charge on any atom is -0.391 e. The predicted octanol–water partition coefficient (Wildman–Crippen LogP) is 0.0815. The molecule has 2 heterocycles. The first-order chi connectivity index (χ1) is 6.79. The lowest BCUT2D eigenvalue weighted by Gasteiger charge is -2.11. The van der Waals surface area contributed by atoms with E-state index in [1.165, 1.54) is 12.8 Å². The van der Waals surface area contributed by atoms with Crippen LogP contribution in [0.25, 0.3) is 0 Å². The minimum atomic E-state index is -0.452. The summed E-state index contributed by atoms with van der Waals surface area (Å²) in [5.74, 6) is 1.16. The maximum Gasteiger partial charge on any atom is 0.108 e. The Morgan fingerprint density at radius 2 is 2.43 bits per heavy atom. The number of aromatic nitrogens is 2. The van der Waals surface area contributed by atoms with Crippen molar-refractivity contribution in [3.8, 4) is 0 Å². The molecule has 0 radical (unpaired) electrons. The van der Waals surface area contributed by atoms with Gasteiger partial charge in [0.2, 0.25) is 0 Å². The van der Waals surface area contributed by atoms with Crippen LogP contribution in [-0.2, 0) is 19.4 Å². The zero-order valence-electron chi connectivity index (χ0n) is 8.32. The zero-order chi connectivity index (χ0) is 9.97. The molecule has 0 aromatic carbocycles. The average molecular weight is 195 g/mol. The highest BCUT2D eigenvalue weighted by Gasteiger charge is 2.13. The van der Waals surface area contributed by atoms with E-state index in [4.69, 9.17) is 5.73 Å². The predicted molar refractivity (Wildman–Crippen MR) is 53.9 cm³/mol. The largest absolute Gasteiger partial charge is 0.391 e. The van der Waals surface area contributed by atoms with Crippen molar-refractivity contribution in [3.63, 3.8) is 0 Å². The fraction of sp³-hybridized carbons (Fsp3) is 0.700. The van der Waals surface area contributed by atoms with Crippen molar-refractivity contribution >= 4 is 0 Å². The molecular weight excluding hydrogens is 178 g/mol. The minimum absolute atomic E-state index is 0.308. The quantitative estimate of drug-likeness (QED) is 0.718. The van der Waals surface area contributed by atoms with Crippen LogP contribution in [0.4, 0.5) is 0 Å². The summed E-state index contributed by atoms with van der Waals surface area (Å²) in [6.45, 7) is 1.38. The molecule has 0 aliphatic carbocycles. The smallest absolute Gasteiger partial charge is 0.108 e. The van der Waals surface area contributed by atoms with Gasteiger partial charge in [0.15, 0.2) is 0 Å². The Morgan fingerprint density at radius 1 is 1.57 bits per heavy atom. The standard InChI is InChI=1S/C10H17N3O/c11-6-9(14)5-8-7-13-4-2-1-3-10(13)12-8/h7,9,14H,1-6,11H2. The summed E-state index contributed by atoms with van der Waals surface area (Å²) in [7, 11) is 0. The van der Waals surface area contributed by atoms with Crippen molar-refractivity contribution in [2.45, 2.75) is 38.3 Å². The molecule has 1 aliphatic heterocycles. The van der Waals surface area contributed by atoms with Gasteiger partial charge in [-0.3, -0.25) is 0 Å². The SMILES string of the molecule is NCC(O)Cc1cn2c(n1)CCCC2. The molecule has 3 N–H and O–H groups in total. The van der Waals surface area contributed by atoms with Crippen LogP contribution in [0.15, 0.2) is 6.20 Å². The van der Waals surface area contributed by atoms with Crippen LogP contribution >= 0.6 is 0 Å². The molecule has 1 aromatic rings. The molecule has 0 fully saturated rings. The number of aliphatic hydroxyl groups is 1. The third kappa shape index (κ3) is 1.96. The number of aryl methyl sites for hydroxylation is 2. The molecule has 2 rings (SSSR count). The molecule has 1 aromatic heterocycles. The lowest BCUT2D eigenvalue weighted by atomic mass is 10.2. The molecule has 1 unspecified atom stereocenters. The van der Waals surface area contributed by atoms with Crippen molar-refractivity contribution in [1.82, 2.24) is 9.55 Å². The number of rotatable bonds is 3. The summed E-state index contributed by atoms with van der Waals surface area (Å²) in [6.07, 6.45) is 5.72. The number of nitrogens with zero attached hydrogens (tertiary/aromatic N) is 2. The highest BCUT2D eigenvalue weighted by atomic mass is 16.3. The molecular formula is C10H17N3O. The number of aliphatic hydroxyl groups excluding tert-OH is 1. The second kappa shape index (κ2) is 4.11. The van der Waals surface area contributed by atoms with Crippen LogP contribution in [-0.4, -0.2) is 27.3 Å². The summed E-state index contributed by atoms with van der Waals surface area (Å²) < 4.78 is 2.20. The van der Waals surface area contributed by atoms with Crippen LogP contribution < -0.4 is 5.73 Å². The monoisotopic (exact) mass is 195 g/mol. The number of hydrogen-bond acceptors (Lipinski definition) is 3. The molecule has 0 bridgehead atoms. The van der Waals surface area contributed by atoms with Crippen LogP contribution in [0.2, 0.25) is 0 Å². The summed E-state index contributed by atoms with van der Waals surface area (Å²) in [6, 6.07) is 0. The normalized spacial score (nSPS) is 17.9. The van der Waals surface area contributed by atoms with Crippen LogP contribution in [0.5, 0.6) is 0 Å². The topological polar surface area (TPSA) is 64.1 Å². The summed E-state index contributed by atoms with van der Waals surface area (Å²) in [5.41, 5.74) is 6.33. The van der Waals surface area contributed by atoms with E-state index in [1.807, 2.05) is 6.20 Å². The lowest BCUT2D eigenvalue weighted by molar-refractivity contribution is 0.182. The molecule has 0 spiro atoms. The van der Waals surface area contributed by atoms with E-state index in [1.54, 1.807) is 0 Å². The fourth-order valence-corrected chi connectivity index (χ4v) is 1.89. The Kier molecular flexibility index (Phi) is 2.84. The van der Waals surface area contributed by atoms with E-state index in [9.17, 15) is 5.11 Å². The van der Waals surface area contributed by atoms with Gasteiger partial charge in [0.1, 0.15) is 5.82 Å². The lowest BCUT2D eigenvalue weighted by Crippen LogP contribution is -2.22. The molecule has 4 nitrogen and oxygen atoms in total. The van der Waals surface area contributed by atoms with Gasteiger partial charge in [0.25, 0.3) is 0 Å². The van der Waals surface area contributed by atoms with Gasteiger partial charge in [-0.1, -0.05) is 0 Å². The van der Waals surface area contributed by atoms with Crippen molar-refractivity contribution in [2.75, 3.05) is 6.54 Å². The Morgan fingerprint density at radius 3 is 3.14 bits per heavy atom. The number of imidazole rings is 1. The average Bonchev–Trinajstić information content (AvgIpc) is 2.59. The highest BCUT2D eigenvalue weighted by molar-refractivity contribution is 5.07. The summed E-state index contributed by atoms with van der Waals surface area (Å²) in [4.78, 5) is 4.49. The van der Waals surface area contributed by atoms with E-state index >= 15 is 0 Å². The van der Waals surface area contributed by atoms with Gasteiger partial charge in [-0.25, -0.2) is 4.98 Å². The van der Waals surface area contributed by atoms with Gasteiger partial charge in [0.05, 0.1) is 11.8 Å². The molecule has 78 valence electrons. The van der Waals surface area contributed by atoms with E-state index in [-0.39, 0.29) is 0 Å². The molecule has 14 heavy (non-hydrogen) atoms. The zero-order valence-corrected chi connectivity index (χ0v) is 8.32. The van der Waals surface area contributed by atoms with Gasteiger partial charge < -0.3 is 15.4 Å².